The Hall–Kier alpha value is -0.190. The van der Waals surface area contributed by atoms with Crippen LogP contribution in [-0.4, -0.2) is 22.1 Å². The topological polar surface area (TPSA) is 114 Å². The molecule has 0 unspecified atom stereocenters. The number of hydrogen-bond acceptors (Lipinski definition) is 5. The molecule has 0 atom stereocenters. The van der Waals surface area contributed by atoms with Crippen LogP contribution in [0, 0.1) is 29.6 Å². The van der Waals surface area contributed by atoms with Crippen LogP contribution in [0.2, 0.25) is 0 Å². The number of halogens is 15. The molecule has 0 amide bonds. The van der Waals surface area contributed by atoms with Crippen LogP contribution in [0.25, 0.3) is 0 Å². The number of allylic oxidation sites excluding steroid dienone is 4. The molecule has 0 spiro atoms. The Kier molecular flexibility index (Phi) is 20.0. The summed E-state index contributed by atoms with van der Waals surface area (Å²) >= 11 is 29.6. The van der Waals surface area contributed by atoms with Crippen molar-refractivity contribution < 1.29 is 74.2 Å². The Bertz CT molecular complexity index is 1050. The average Bonchev–Trinajstić information content (AvgIpc) is 2.96. The van der Waals surface area contributed by atoms with Gasteiger partial charge in [0.05, 0.1) is 17.7 Å². The van der Waals surface area contributed by atoms with Crippen molar-refractivity contribution in [1.29, 1.82) is 10.5 Å². The van der Waals surface area contributed by atoms with Gasteiger partial charge in [0.25, 0.3) is 0 Å². The summed E-state index contributed by atoms with van der Waals surface area (Å²) < 4.78 is 102. The second-order valence-electron chi connectivity index (χ2n) is 6.23. The van der Waals surface area contributed by atoms with Gasteiger partial charge in [-0.05, 0) is 26.5 Å². The number of aromatic nitrogens is 2. The molecule has 39 heavy (non-hydrogen) atoms. The Labute approximate surface area is 267 Å². The summed E-state index contributed by atoms with van der Waals surface area (Å²) in [7, 11) is 1.37. The van der Waals surface area contributed by atoms with Crippen molar-refractivity contribution in [2.24, 2.45) is 7.05 Å². The fourth-order valence-electron chi connectivity index (χ4n) is 1.44. The first-order valence-corrected chi connectivity index (χ1v) is 15.7. The quantitative estimate of drug-likeness (QED) is 0.117. The van der Waals surface area contributed by atoms with Crippen molar-refractivity contribution in [3.63, 3.8) is 0 Å². The van der Waals surface area contributed by atoms with Gasteiger partial charge in [0.1, 0.15) is 10.9 Å². The molecular formula is C16H14Cl6F9N5NaOP. The van der Waals surface area contributed by atoms with Crippen molar-refractivity contribution in [1.82, 2.24) is 9.78 Å². The molecule has 0 radical (unpaired) electrons. The van der Waals surface area contributed by atoms with E-state index in [0.29, 0.717) is 0 Å². The summed E-state index contributed by atoms with van der Waals surface area (Å²) in [6.45, 7) is 3.14. The molecular weight excluding hydrogens is 716 g/mol. The van der Waals surface area contributed by atoms with Gasteiger partial charge >= 0.3 is 108 Å². The van der Waals surface area contributed by atoms with Crippen LogP contribution >= 0.6 is 71.2 Å². The van der Waals surface area contributed by atoms with E-state index < -0.39 is 49.5 Å². The number of nitrogens with two attached hydrogens (primary N) is 1. The van der Waals surface area contributed by atoms with E-state index in [1.54, 1.807) is 0 Å². The second-order valence-corrected chi connectivity index (χ2v) is 23.2. The number of aryl methyl sites for hydroxylation is 1. The van der Waals surface area contributed by atoms with E-state index in [0.717, 1.165) is 24.6 Å². The third kappa shape index (κ3) is 23.1. The number of alkyl halides is 9. The summed E-state index contributed by atoms with van der Waals surface area (Å²) in [5.41, 5.74) is 3.00. The van der Waals surface area contributed by atoms with E-state index >= 15 is 0 Å². The fourth-order valence-corrected chi connectivity index (χ4v) is 1.48. The van der Waals surface area contributed by atoms with E-state index in [1.807, 2.05) is 0 Å². The predicted octanol–water partition coefficient (Wildman–Crippen LogP) is 5.93. The van der Waals surface area contributed by atoms with E-state index in [9.17, 15) is 44.6 Å². The van der Waals surface area contributed by atoms with E-state index in [1.165, 1.54) is 20.0 Å². The Morgan fingerprint density at radius 2 is 1.23 bits per heavy atom. The molecule has 6 nitrogen and oxygen atoms in total. The summed E-state index contributed by atoms with van der Waals surface area (Å²) in [5.74, 6) is -2.03. The molecule has 0 aliphatic rings. The number of hydrogen-bond donors (Lipinski definition) is 1. The standard InChI is InChI=1S/C6H8F3N3.C5H3ClF3N.C5H4F3NO.Cl5P.Na/c1-3-4(6(7,8)9)11-12(2)5(3)10;1-3(2-10)4(6)5(7,8)9;1-3(2-9)4(10)5(6,7)8;1-6(2,3,4)5;/h10H2,1-2H3;1H3;10H,1H3;;/q;;;;+1/p-1/b;2*4-3+;;. The number of nitriles is 2. The number of nitrogen functional groups attached to an aromatic ring is 1. The van der Waals surface area contributed by atoms with Crippen LogP contribution in [0.15, 0.2) is 21.9 Å². The van der Waals surface area contributed by atoms with Crippen molar-refractivity contribution in [2.75, 3.05) is 5.73 Å². The van der Waals surface area contributed by atoms with Crippen LogP contribution in [0.4, 0.5) is 45.3 Å². The van der Waals surface area contributed by atoms with Gasteiger partial charge in [0.15, 0.2) is 5.69 Å². The summed E-state index contributed by atoms with van der Waals surface area (Å²) in [5, 5.41) is 27.7. The molecule has 0 saturated heterocycles. The number of rotatable bonds is 0. The first-order chi connectivity index (χ1) is 16.4. The summed E-state index contributed by atoms with van der Waals surface area (Å²) in [6.07, 6.45) is -13.9. The molecule has 2 N–H and O–H groups in total. The SMILES string of the molecule is C/C(C#N)=C(\Cl)C(F)(F)F.C/C(C#N)=C(\[O-])C(F)(F)F.Cc1c(C(F)(F)F)nn(C)c1N.ClP(Cl)(Cl)(Cl)Cl.[Na+]. The molecule has 0 saturated carbocycles. The maximum Gasteiger partial charge on any atom is 1.00 e. The Morgan fingerprint density at radius 3 is 1.33 bits per heavy atom. The maximum absolute atomic E-state index is 12.1. The zero-order chi connectivity index (χ0) is 31.7. The van der Waals surface area contributed by atoms with Crippen molar-refractivity contribution in [3.05, 3.63) is 33.2 Å². The van der Waals surface area contributed by atoms with Gasteiger partial charge in [0, 0.05) is 18.2 Å². The Morgan fingerprint density at radius 1 is 0.897 bits per heavy atom. The van der Waals surface area contributed by atoms with Gasteiger partial charge in [-0.25, -0.2) is 0 Å². The zero-order valence-electron chi connectivity index (χ0n) is 19.9. The monoisotopic (exact) mass is 727 g/mol. The Balaban J connectivity index is -0.000000213. The van der Waals surface area contributed by atoms with Gasteiger partial charge in [-0.1, -0.05) is 11.6 Å². The van der Waals surface area contributed by atoms with E-state index in [4.69, 9.17) is 84.1 Å². The molecule has 1 rings (SSSR count). The van der Waals surface area contributed by atoms with E-state index in [2.05, 4.69) is 5.10 Å². The van der Waals surface area contributed by atoms with Crippen LogP contribution in [0.1, 0.15) is 25.1 Å². The first-order valence-electron chi connectivity index (χ1n) is 8.52. The van der Waals surface area contributed by atoms with Crippen LogP contribution in [0.5, 0.6) is 0 Å². The van der Waals surface area contributed by atoms with Crippen LogP contribution in [0.3, 0.4) is 0 Å². The molecule has 23 heteroatoms. The van der Waals surface area contributed by atoms with Crippen molar-refractivity contribution in [3.8, 4) is 12.1 Å². The molecule has 0 aliphatic carbocycles. The minimum Gasteiger partial charge on any atom is 1.00 e. The third-order valence-electron chi connectivity index (χ3n) is 3.12. The zero-order valence-corrected chi connectivity index (χ0v) is 27.3. The van der Waals surface area contributed by atoms with E-state index in [-0.39, 0.29) is 40.9 Å². The summed E-state index contributed by atoms with van der Waals surface area (Å²) in [6, 6.07) is 2.42. The van der Waals surface area contributed by atoms with Gasteiger partial charge in [-0.3, -0.25) is 4.68 Å². The number of anilines is 1. The maximum atomic E-state index is 12.1. The average molecular weight is 730 g/mol. The second kappa shape index (κ2) is 17.1. The smallest absolute Gasteiger partial charge is 1.00 e. The molecule has 1 heterocycles. The van der Waals surface area contributed by atoms with Crippen molar-refractivity contribution >= 4 is 77.0 Å². The van der Waals surface area contributed by atoms with Gasteiger partial charge < -0.3 is 10.8 Å². The van der Waals surface area contributed by atoms with Gasteiger partial charge in [-0.2, -0.15) is 55.1 Å². The molecule has 1 aromatic heterocycles. The predicted molar refractivity (Wildman–Crippen MR) is 128 cm³/mol. The molecule has 0 fully saturated rings. The van der Waals surface area contributed by atoms with Gasteiger partial charge in [-0.15, -0.1) is 0 Å². The molecule has 0 aromatic carbocycles. The van der Waals surface area contributed by atoms with Crippen LogP contribution < -0.4 is 40.4 Å². The van der Waals surface area contributed by atoms with Gasteiger partial charge in [0.2, 0.25) is 0 Å². The molecule has 0 bridgehead atoms. The van der Waals surface area contributed by atoms with Crippen molar-refractivity contribution in [2.45, 2.75) is 39.3 Å². The number of nitrogens with zero attached hydrogens (tertiary/aromatic N) is 4. The summed E-state index contributed by atoms with van der Waals surface area (Å²) in [4.78, 5) is 0. The minimum atomic E-state index is -4.92. The minimum absolute atomic E-state index is 0. The molecule has 1 aromatic rings. The first kappa shape index (κ1) is 45.8. The third-order valence-corrected chi connectivity index (χ3v) is 3.62. The van der Waals surface area contributed by atoms with Crippen LogP contribution in [-0.2, 0) is 13.2 Å². The molecule has 0 aliphatic heterocycles. The fraction of sp³-hybridized carbons (Fsp3) is 0.438. The largest absolute Gasteiger partial charge is 1.00 e. The normalized spacial score (nSPS) is 13.8. The molecule has 220 valence electrons.